The topological polar surface area (TPSA) is 29.5 Å². The molecule has 0 aliphatic heterocycles. The van der Waals surface area contributed by atoms with Crippen LogP contribution in [0.4, 0.5) is 0 Å². The van der Waals surface area contributed by atoms with Gasteiger partial charge in [0.1, 0.15) is 5.75 Å². The van der Waals surface area contributed by atoms with E-state index in [0.29, 0.717) is 6.61 Å². The molecule has 1 aromatic carbocycles. The molecule has 2 heteroatoms. The van der Waals surface area contributed by atoms with Gasteiger partial charge in [-0.3, -0.25) is 0 Å². The third-order valence-corrected chi connectivity index (χ3v) is 2.14. The number of hydrogen-bond acceptors (Lipinski definition) is 2. The van der Waals surface area contributed by atoms with Crippen LogP contribution in [0, 0.1) is 0 Å². The maximum Gasteiger partial charge on any atom is 0.125 e. The van der Waals surface area contributed by atoms with Crippen LogP contribution < -0.4 is 4.74 Å². The predicted molar refractivity (Wildman–Crippen MR) is 57.5 cm³/mol. The van der Waals surface area contributed by atoms with E-state index in [2.05, 4.69) is 6.92 Å². The number of aliphatic hydroxyl groups excluding tert-OH is 1. The van der Waals surface area contributed by atoms with Crippen molar-refractivity contribution in [2.75, 3.05) is 6.61 Å². The fourth-order valence-electron chi connectivity index (χ4n) is 1.47. The highest BCUT2D eigenvalue weighted by molar-refractivity contribution is 5.34. The van der Waals surface area contributed by atoms with Crippen LogP contribution in [0.5, 0.6) is 5.75 Å². The zero-order chi connectivity index (χ0) is 10.4. The summed E-state index contributed by atoms with van der Waals surface area (Å²) < 4.78 is 5.44. The van der Waals surface area contributed by atoms with Crippen LogP contribution in [0.25, 0.3) is 0 Å². The number of para-hydroxylation sites is 1. The fraction of sp³-hybridized carbons (Fsp3) is 0.500. The van der Waals surface area contributed by atoms with Crippen LogP contribution >= 0.6 is 0 Å². The monoisotopic (exact) mass is 194 g/mol. The van der Waals surface area contributed by atoms with E-state index in [1.165, 1.54) is 0 Å². The summed E-state index contributed by atoms with van der Waals surface area (Å²) in [5.41, 5.74) is 0.899. The Balaban J connectivity index is 2.82. The molecule has 0 bridgehead atoms. The van der Waals surface area contributed by atoms with E-state index in [-0.39, 0.29) is 0 Å². The summed E-state index contributed by atoms with van der Waals surface area (Å²) in [7, 11) is 0. The summed E-state index contributed by atoms with van der Waals surface area (Å²) in [6.45, 7) is 4.64. The average Bonchev–Trinajstić information content (AvgIpc) is 2.19. The van der Waals surface area contributed by atoms with Crippen LogP contribution in [0.1, 0.15) is 38.4 Å². The van der Waals surface area contributed by atoms with E-state index in [1.54, 1.807) is 0 Å². The molecule has 0 heterocycles. The molecule has 78 valence electrons. The summed E-state index contributed by atoms with van der Waals surface area (Å²) >= 11 is 0. The molecule has 0 amide bonds. The van der Waals surface area contributed by atoms with Gasteiger partial charge in [0.2, 0.25) is 0 Å². The number of ether oxygens (including phenoxy) is 1. The van der Waals surface area contributed by atoms with Gasteiger partial charge in [-0.2, -0.15) is 0 Å². The van der Waals surface area contributed by atoms with Crippen molar-refractivity contribution in [3.05, 3.63) is 29.8 Å². The maximum absolute atomic E-state index is 9.85. The Kier molecular flexibility index (Phi) is 4.47. The van der Waals surface area contributed by atoms with E-state index in [1.807, 2.05) is 31.2 Å². The highest BCUT2D eigenvalue weighted by atomic mass is 16.5. The quantitative estimate of drug-likeness (QED) is 0.781. The smallest absolute Gasteiger partial charge is 0.125 e. The molecular weight excluding hydrogens is 176 g/mol. The fourth-order valence-corrected chi connectivity index (χ4v) is 1.47. The molecule has 0 aromatic heterocycles. The lowest BCUT2D eigenvalue weighted by Crippen LogP contribution is -2.01. The highest BCUT2D eigenvalue weighted by Gasteiger charge is 2.11. The molecular formula is C12H18O2. The van der Waals surface area contributed by atoms with Gasteiger partial charge in [0.15, 0.2) is 0 Å². The van der Waals surface area contributed by atoms with Gasteiger partial charge in [0.25, 0.3) is 0 Å². The first-order chi connectivity index (χ1) is 6.79. The Morgan fingerprint density at radius 2 is 2.00 bits per heavy atom. The van der Waals surface area contributed by atoms with E-state index < -0.39 is 6.10 Å². The second-order valence-corrected chi connectivity index (χ2v) is 3.28. The second-order valence-electron chi connectivity index (χ2n) is 3.28. The lowest BCUT2D eigenvalue weighted by Gasteiger charge is -2.14. The predicted octanol–water partition coefficient (Wildman–Crippen LogP) is 2.92. The number of benzene rings is 1. The minimum Gasteiger partial charge on any atom is -0.493 e. The molecule has 0 aliphatic rings. The molecule has 1 atom stereocenters. The molecule has 0 saturated heterocycles. The van der Waals surface area contributed by atoms with Crippen molar-refractivity contribution in [2.45, 2.75) is 32.8 Å². The van der Waals surface area contributed by atoms with Crippen LogP contribution in [-0.2, 0) is 0 Å². The first kappa shape index (κ1) is 11.1. The maximum atomic E-state index is 9.85. The summed E-state index contributed by atoms with van der Waals surface area (Å²) in [5, 5.41) is 9.85. The minimum atomic E-state index is -0.400. The lowest BCUT2D eigenvalue weighted by atomic mass is 10.0. The van der Waals surface area contributed by atoms with Crippen LogP contribution in [-0.4, -0.2) is 11.7 Å². The summed E-state index contributed by atoms with van der Waals surface area (Å²) in [5.74, 6) is 0.802. The van der Waals surface area contributed by atoms with Gasteiger partial charge in [-0.05, 0) is 19.4 Å². The van der Waals surface area contributed by atoms with Gasteiger partial charge in [0, 0.05) is 5.56 Å². The molecule has 1 unspecified atom stereocenters. The molecule has 14 heavy (non-hydrogen) atoms. The molecule has 1 N–H and O–H groups in total. The first-order valence-electron chi connectivity index (χ1n) is 5.19. The Labute approximate surface area is 85.5 Å². The molecule has 2 nitrogen and oxygen atoms in total. The third kappa shape index (κ3) is 2.74. The van der Waals surface area contributed by atoms with Crippen molar-refractivity contribution < 1.29 is 9.84 Å². The van der Waals surface area contributed by atoms with E-state index in [0.717, 1.165) is 24.2 Å². The minimum absolute atomic E-state index is 0.400. The summed E-state index contributed by atoms with van der Waals surface area (Å²) in [6.07, 6.45) is 1.36. The zero-order valence-corrected chi connectivity index (χ0v) is 8.86. The molecule has 0 radical (unpaired) electrons. The SMILES string of the molecule is CCCC(O)c1ccccc1OCC. The van der Waals surface area contributed by atoms with E-state index >= 15 is 0 Å². The van der Waals surface area contributed by atoms with Gasteiger partial charge < -0.3 is 9.84 Å². The summed E-state index contributed by atoms with van der Waals surface area (Å²) in [6, 6.07) is 7.67. The molecule has 0 fully saturated rings. The van der Waals surface area contributed by atoms with Crippen LogP contribution in [0.15, 0.2) is 24.3 Å². The highest BCUT2D eigenvalue weighted by Crippen LogP contribution is 2.27. The van der Waals surface area contributed by atoms with Gasteiger partial charge in [-0.15, -0.1) is 0 Å². The Morgan fingerprint density at radius 1 is 1.29 bits per heavy atom. The van der Waals surface area contributed by atoms with Crippen molar-refractivity contribution in [3.63, 3.8) is 0 Å². The largest absolute Gasteiger partial charge is 0.493 e. The van der Waals surface area contributed by atoms with Gasteiger partial charge in [0.05, 0.1) is 12.7 Å². The Bertz CT molecular complexity index is 271. The lowest BCUT2D eigenvalue weighted by molar-refractivity contribution is 0.161. The van der Waals surface area contributed by atoms with Gasteiger partial charge in [-0.1, -0.05) is 31.5 Å². The normalized spacial score (nSPS) is 12.5. The Morgan fingerprint density at radius 3 is 2.64 bits per heavy atom. The molecule has 1 aromatic rings. The molecule has 1 rings (SSSR count). The standard InChI is InChI=1S/C12H18O2/c1-3-7-11(13)10-8-5-6-9-12(10)14-4-2/h5-6,8-9,11,13H,3-4,7H2,1-2H3. The van der Waals surface area contributed by atoms with E-state index in [4.69, 9.17) is 4.74 Å². The number of hydrogen-bond donors (Lipinski definition) is 1. The third-order valence-electron chi connectivity index (χ3n) is 2.14. The molecule has 0 aliphatic carbocycles. The zero-order valence-electron chi connectivity index (χ0n) is 8.86. The second kappa shape index (κ2) is 5.66. The van der Waals surface area contributed by atoms with Crippen molar-refractivity contribution >= 4 is 0 Å². The molecule has 0 spiro atoms. The van der Waals surface area contributed by atoms with Crippen LogP contribution in [0.3, 0.4) is 0 Å². The first-order valence-corrected chi connectivity index (χ1v) is 5.19. The van der Waals surface area contributed by atoms with Gasteiger partial charge in [-0.25, -0.2) is 0 Å². The van der Waals surface area contributed by atoms with Gasteiger partial charge >= 0.3 is 0 Å². The van der Waals surface area contributed by atoms with E-state index in [9.17, 15) is 5.11 Å². The van der Waals surface area contributed by atoms with Crippen LogP contribution in [0.2, 0.25) is 0 Å². The van der Waals surface area contributed by atoms with Crippen molar-refractivity contribution in [1.82, 2.24) is 0 Å². The van der Waals surface area contributed by atoms with Crippen molar-refractivity contribution in [3.8, 4) is 5.75 Å². The average molecular weight is 194 g/mol. The molecule has 0 saturated carbocycles. The summed E-state index contributed by atoms with van der Waals surface area (Å²) in [4.78, 5) is 0. The number of rotatable bonds is 5. The van der Waals surface area contributed by atoms with Crippen molar-refractivity contribution in [1.29, 1.82) is 0 Å². The van der Waals surface area contributed by atoms with Crippen molar-refractivity contribution in [2.24, 2.45) is 0 Å². The number of aliphatic hydroxyl groups is 1. The Hall–Kier alpha value is -1.02.